The van der Waals surface area contributed by atoms with Crippen LogP contribution >= 0.6 is 15.9 Å². The van der Waals surface area contributed by atoms with Crippen LogP contribution < -0.4 is 10.5 Å². The molecule has 0 bridgehead atoms. The van der Waals surface area contributed by atoms with E-state index in [0.717, 1.165) is 12.8 Å². The van der Waals surface area contributed by atoms with Crippen molar-refractivity contribution >= 4 is 49.5 Å². The van der Waals surface area contributed by atoms with Gasteiger partial charge in [-0.1, -0.05) is 31.5 Å². The molecule has 1 amide bonds. The largest absolute Gasteiger partial charge is 0.507 e. The topological polar surface area (TPSA) is 103 Å². The van der Waals surface area contributed by atoms with Gasteiger partial charge in [-0.15, -0.1) is 0 Å². The van der Waals surface area contributed by atoms with Crippen LogP contribution in [-0.2, 0) is 6.42 Å². The lowest BCUT2D eigenvalue weighted by Crippen LogP contribution is -2.17. The predicted molar refractivity (Wildman–Crippen MR) is 122 cm³/mol. The van der Waals surface area contributed by atoms with Gasteiger partial charge in [0.25, 0.3) is 5.91 Å². The number of phenols is 1. The Hall–Kier alpha value is -3.32. The normalized spacial score (nSPS) is 11.2. The third-order valence-corrected chi connectivity index (χ3v) is 5.99. The second kappa shape index (κ2) is 8.43. The Morgan fingerprint density at radius 3 is 2.52 bits per heavy atom. The van der Waals surface area contributed by atoms with E-state index in [1.54, 1.807) is 24.3 Å². The number of ether oxygens (including phenoxy) is 1. The molecule has 0 aliphatic carbocycles. The SMILES string of the molecule is CCCCc1oc2ccccc2c1C(=O)Oc1ccc2c(Br)c(O)ccc2c1C(N)=O. The molecule has 158 valence electrons. The van der Waals surface area contributed by atoms with Crippen LogP contribution in [0.1, 0.15) is 46.2 Å². The maximum absolute atomic E-state index is 13.2. The highest BCUT2D eigenvalue weighted by atomic mass is 79.9. The van der Waals surface area contributed by atoms with Gasteiger partial charge in [0.1, 0.15) is 28.4 Å². The lowest BCUT2D eigenvalue weighted by Gasteiger charge is -2.12. The lowest BCUT2D eigenvalue weighted by molar-refractivity contribution is 0.0732. The highest BCUT2D eigenvalue weighted by molar-refractivity contribution is 9.10. The summed E-state index contributed by atoms with van der Waals surface area (Å²) in [5.74, 6) is -0.723. The fourth-order valence-corrected chi connectivity index (χ4v) is 4.14. The second-order valence-electron chi connectivity index (χ2n) is 7.19. The molecule has 3 aromatic carbocycles. The van der Waals surface area contributed by atoms with Crippen molar-refractivity contribution in [2.45, 2.75) is 26.2 Å². The van der Waals surface area contributed by atoms with E-state index in [4.69, 9.17) is 14.9 Å². The van der Waals surface area contributed by atoms with E-state index in [1.807, 2.05) is 12.1 Å². The van der Waals surface area contributed by atoms with Crippen molar-refractivity contribution < 1.29 is 23.8 Å². The number of primary amides is 1. The average Bonchev–Trinajstić information content (AvgIpc) is 3.12. The smallest absolute Gasteiger partial charge is 0.347 e. The molecule has 1 aromatic heterocycles. The van der Waals surface area contributed by atoms with Gasteiger partial charge in [0.05, 0.1) is 10.0 Å². The standard InChI is InChI=1S/C24H20BrNO5/c1-2-3-7-18-21(15-6-4-5-8-17(15)30-18)24(29)31-19-12-10-14-13(20(19)23(26)28)9-11-16(27)22(14)25/h4-6,8-12,27H,2-3,7H2,1H3,(H2,26,28). The monoisotopic (exact) mass is 481 g/mol. The van der Waals surface area contributed by atoms with Crippen molar-refractivity contribution in [3.63, 3.8) is 0 Å². The molecule has 0 saturated carbocycles. The molecule has 7 heteroatoms. The number of hydrogen-bond acceptors (Lipinski definition) is 5. The van der Waals surface area contributed by atoms with Crippen molar-refractivity contribution in [3.05, 3.63) is 69.9 Å². The zero-order valence-corrected chi connectivity index (χ0v) is 18.4. The zero-order chi connectivity index (χ0) is 22.1. The number of aromatic hydroxyl groups is 1. The molecule has 0 saturated heterocycles. The summed E-state index contributed by atoms with van der Waals surface area (Å²) in [7, 11) is 0. The van der Waals surface area contributed by atoms with Crippen molar-refractivity contribution in [1.82, 2.24) is 0 Å². The third kappa shape index (κ3) is 3.77. The molecule has 3 N–H and O–H groups in total. The molecule has 31 heavy (non-hydrogen) atoms. The van der Waals surface area contributed by atoms with E-state index in [2.05, 4.69) is 22.9 Å². The van der Waals surface area contributed by atoms with Gasteiger partial charge in [-0.25, -0.2) is 4.79 Å². The number of fused-ring (bicyclic) bond motifs is 2. The number of phenolic OH excluding ortho intramolecular Hbond substituents is 1. The predicted octanol–water partition coefficient (Wildman–Crippen LogP) is 5.71. The third-order valence-electron chi connectivity index (χ3n) is 5.16. The number of benzene rings is 3. The Kier molecular flexibility index (Phi) is 5.69. The molecule has 0 unspecified atom stereocenters. The minimum absolute atomic E-state index is 0.0260. The Morgan fingerprint density at radius 1 is 1.03 bits per heavy atom. The van der Waals surface area contributed by atoms with Gasteiger partial charge >= 0.3 is 5.97 Å². The number of carbonyl (C=O) groups is 2. The van der Waals surface area contributed by atoms with E-state index in [0.29, 0.717) is 44.0 Å². The number of para-hydroxylation sites is 1. The summed E-state index contributed by atoms with van der Waals surface area (Å²) >= 11 is 3.31. The van der Waals surface area contributed by atoms with Crippen LogP contribution in [0.3, 0.4) is 0 Å². The minimum atomic E-state index is -0.741. The maximum Gasteiger partial charge on any atom is 0.347 e. The molecule has 0 aliphatic rings. The maximum atomic E-state index is 13.2. The van der Waals surface area contributed by atoms with Gasteiger partial charge in [0.15, 0.2) is 0 Å². The molecule has 1 heterocycles. The van der Waals surface area contributed by atoms with Crippen LogP contribution in [0, 0.1) is 0 Å². The summed E-state index contributed by atoms with van der Waals surface area (Å²) in [6, 6.07) is 13.4. The van der Waals surface area contributed by atoms with E-state index in [9.17, 15) is 14.7 Å². The fourth-order valence-electron chi connectivity index (χ4n) is 3.66. The van der Waals surface area contributed by atoms with Gasteiger partial charge in [-0.3, -0.25) is 4.79 Å². The molecule has 6 nitrogen and oxygen atoms in total. The van der Waals surface area contributed by atoms with Crippen LogP contribution in [0.15, 0.2) is 57.4 Å². The number of furan rings is 1. The van der Waals surface area contributed by atoms with Crippen molar-refractivity contribution in [3.8, 4) is 11.5 Å². The summed E-state index contributed by atoms with van der Waals surface area (Å²) in [4.78, 5) is 25.5. The number of hydrogen-bond donors (Lipinski definition) is 2. The first-order valence-electron chi connectivity index (χ1n) is 9.89. The van der Waals surface area contributed by atoms with Crippen LogP contribution in [0.2, 0.25) is 0 Å². The van der Waals surface area contributed by atoms with Crippen LogP contribution in [0.5, 0.6) is 11.5 Å². The van der Waals surface area contributed by atoms with Crippen molar-refractivity contribution in [1.29, 1.82) is 0 Å². The van der Waals surface area contributed by atoms with E-state index >= 15 is 0 Å². The summed E-state index contributed by atoms with van der Waals surface area (Å²) < 4.78 is 12.0. The van der Waals surface area contributed by atoms with Gasteiger partial charge < -0.3 is 20.0 Å². The molecule has 0 radical (unpaired) electrons. The average molecular weight is 482 g/mol. The number of halogens is 1. The summed E-state index contributed by atoms with van der Waals surface area (Å²) in [5, 5.41) is 11.6. The number of esters is 1. The highest BCUT2D eigenvalue weighted by Gasteiger charge is 2.25. The number of carbonyl (C=O) groups excluding carboxylic acids is 2. The molecule has 4 rings (SSSR count). The van der Waals surface area contributed by atoms with E-state index < -0.39 is 11.9 Å². The number of rotatable bonds is 6. The Balaban J connectivity index is 1.81. The molecule has 0 spiro atoms. The minimum Gasteiger partial charge on any atom is -0.507 e. The number of amides is 1. The van der Waals surface area contributed by atoms with Crippen LogP contribution in [0.4, 0.5) is 0 Å². The van der Waals surface area contributed by atoms with Crippen molar-refractivity contribution in [2.75, 3.05) is 0 Å². The quantitative estimate of drug-likeness (QED) is 0.271. The van der Waals surface area contributed by atoms with Gasteiger partial charge in [-0.05, 0) is 58.1 Å². The van der Waals surface area contributed by atoms with Gasteiger partial charge in [-0.2, -0.15) is 0 Å². The summed E-state index contributed by atoms with van der Waals surface area (Å²) in [5.41, 5.74) is 6.65. The first-order chi connectivity index (χ1) is 14.9. The summed E-state index contributed by atoms with van der Waals surface area (Å²) in [6.45, 7) is 2.06. The number of nitrogens with two attached hydrogens (primary N) is 1. The number of aryl methyl sites for hydroxylation is 1. The summed E-state index contributed by atoms with van der Waals surface area (Å²) in [6.07, 6.45) is 2.41. The zero-order valence-electron chi connectivity index (χ0n) is 16.8. The Morgan fingerprint density at radius 2 is 1.77 bits per heavy atom. The highest BCUT2D eigenvalue weighted by Crippen LogP contribution is 2.37. The van der Waals surface area contributed by atoms with E-state index in [-0.39, 0.29) is 17.1 Å². The molecule has 0 fully saturated rings. The fraction of sp³-hybridized carbons (Fsp3) is 0.167. The Labute approximate surface area is 186 Å². The van der Waals surface area contributed by atoms with Crippen LogP contribution in [-0.4, -0.2) is 17.0 Å². The van der Waals surface area contributed by atoms with E-state index in [1.165, 1.54) is 12.1 Å². The lowest BCUT2D eigenvalue weighted by atomic mass is 10.0. The molecular formula is C24H20BrNO5. The first kappa shape index (κ1) is 20.9. The van der Waals surface area contributed by atoms with Crippen molar-refractivity contribution in [2.24, 2.45) is 5.73 Å². The van der Waals surface area contributed by atoms with Crippen LogP contribution in [0.25, 0.3) is 21.7 Å². The molecule has 0 aliphatic heterocycles. The molecular weight excluding hydrogens is 462 g/mol. The Bertz CT molecular complexity index is 1320. The molecule has 0 atom stereocenters. The first-order valence-corrected chi connectivity index (χ1v) is 10.7. The molecule has 4 aromatic rings. The van der Waals surface area contributed by atoms with Gasteiger partial charge in [0.2, 0.25) is 0 Å². The number of unbranched alkanes of at least 4 members (excludes halogenated alkanes) is 1. The second-order valence-corrected chi connectivity index (χ2v) is 7.98. The van der Waals surface area contributed by atoms with Gasteiger partial charge in [0, 0.05) is 17.2 Å².